The van der Waals surface area contributed by atoms with Crippen molar-refractivity contribution in [2.75, 3.05) is 0 Å². The summed E-state index contributed by atoms with van der Waals surface area (Å²) in [7, 11) is 0. The summed E-state index contributed by atoms with van der Waals surface area (Å²) < 4.78 is 11.6. The normalized spacial score (nSPS) is 11.9. The molecule has 0 aliphatic carbocycles. The van der Waals surface area contributed by atoms with Crippen LogP contribution in [0.5, 0.6) is 0 Å². The summed E-state index contributed by atoms with van der Waals surface area (Å²) in [5.74, 6) is 1.69. The molecule has 0 fully saturated rings. The number of furan rings is 1. The molecule has 13 aromatic rings. The number of aromatic nitrogens is 5. The molecule has 6 nitrogen and oxygen atoms in total. The number of para-hydroxylation sites is 4. The molecule has 9 aromatic carbocycles. The van der Waals surface area contributed by atoms with Crippen molar-refractivity contribution in [3.8, 4) is 45.5 Å². The van der Waals surface area contributed by atoms with Gasteiger partial charge in [0, 0.05) is 49.1 Å². The maximum absolute atomic E-state index is 6.93. The van der Waals surface area contributed by atoms with Gasteiger partial charge < -0.3 is 13.6 Å². The Morgan fingerprint density at radius 2 is 1.00 bits per heavy atom. The zero-order valence-corrected chi connectivity index (χ0v) is 32.7. The first kappa shape index (κ1) is 33.6. The number of nitrogens with zero attached hydrogens (tertiary/aromatic N) is 5. The molecule has 0 saturated carbocycles. The Kier molecular flexibility index (Phi) is 7.21. The lowest BCUT2D eigenvalue weighted by Gasteiger charge is -2.15. The minimum absolute atomic E-state index is 0.527. The van der Waals surface area contributed by atoms with Gasteiger partial charge in [0.05, 0.1) is 33.3 Å². The van der Waals surface area contributed by atoms with E-state index in [0.29, 0.717) is 17.5 Å². The second kappa shape index (κ2) is 13.1. The second-order valence-electron chi connectivity index (χ2n) is 15.6. The molecule has 0 aliphatic rings. The molecule has 0 spiro atoms. The third-order valence-corrected chi connectivity index (χ3v) is 12.1. The molecule has 0 N–H and O–H groups in total. The lowest BCUT2D eigenvalue weighted by atomic mass is 10.0. The Balaban J connectivity index is 1.17. The van der Waals surface area contributed by atoms with Crippen LogP contribution >= 0.6 is 0 Å². The van der Waals surface area contributed by atoms with Gasteiger partial charge in [-0.05, 0) is 71.4 Å². The quantitative estimate of drug-likeness (QED) is 0.175. The van der Waals surface area contributed by atoms with Gasteiger partial charge in [0.15, 0.2) is 17.5 Å². The second-order valence-corrected chi connectivity index (χ2v) is 15.6. The molecule has 0 aliphatic heterocycles. The van der Waals surface area contributed by atoms with Gasteiger partial charge in [0.2, 0.25) is 0 Å². The van der Waals surface area contributed by atoms with Crippen LogP contribution in [-0.2, 0) is 0 Å². The zero-order chi connectivity index (χ0) is 40.0. The van der Waals surface area contributed by atoms with Gasteiger partial charge in [0.1, 0.15) is 11.2 Å². The molecule has 6 heteroatoms. The number of benzene rings is 9. The molecule has 61 heavy (non-hydrogen) atoms. The van der Waals surface area contributed by atoms with E-state index in [1.54, 1.807) is 0 Å². The average molecular weight is 780 g/mol. The van der Waals surface area contributed by atoms with Crippen molar-refractivity contribution in [3.05, 3.63) is 200 Å². The van der Waals surface area contributed by atoms with Crippen LogP contribution in [0.25, 0.3) is 122 Å². The fourth-order valence-corrected chi connectivity index (χ4v) is 9.48. The predicted octanol–water partition coefficient (Wildman–Crippen LogP) is 14.1. The van der Waals surface area contributed by atoms with E-state index >= 15 is 0 Å². The van der Waals surface area contributed by atoms with Gasteiger partial charge in [-0.1, -0.05) is 140 Å². The molecule has 284 valence electrons. The van der Waals surface area contributed by atoms with Crippen LogP contribution in [-0.4, -0.2) is 24.1 Å². The molecule has 13 rings (SSSR count). The topological polar surface area (TPSA) is 61.7 Å². The van der Waals surface area contributed by atoms with Crippen molar-refractivity contribution in [2.45, 2.75) is 0 Å². The molecule has 4 aromatic heterocycles. The molecule has 0 atom stereocenters. The first-order valence-electron chi connectivity index (χ1n) is 20.5. The summed E-state index contributed by atoms with van der Waals surface area (Å²) in [6.45, 7) is 0. The molecule has 0 radical (unpaired) electrons. The Morgan fingerprint density at radius 3 is 1.82 bits per heavy atom. The number of hydrogen-bond donors (Lipinski definition) is 0. The number of fused-ring (bicyclic) bond motifs is 10. The standard InChI is InChI=1S/C55H33N5O/c1-3-16-34(17-4-1)53-56-54(42-25-15-28-46-50(42)41-24-10-13-27-45(41)59(46)37-20-5-2-6-21-37)58-55(57-53)51-47(31-30-40-39-23-11-14-29-49(39)61-52(40)51)60-44-26-12-9-22-38(44)43-32-35-18-7-8-19-36(35)33-48(43)60/h1-33H. The highest BCUT2D eigenvalue weighted by Crippen LogP contribution is 2.44. The average Bonchev–Trinajstić information content (AvgIpc) is 3.98. The van der Waals surface area contributed by atoms with Crippen LogP contribution < -0.4 is 0 Å². The van der Waals surface area contributed by atoms with E-state index in [9.17, 15) is 0 Å². The molecular weight excluding hydrogens is 747 g/mol. The van der Waals surface area contributed by atoms with Crippen LogP contribution in [0.15, 0.2) is 205 Å². The molecular formula is C55H33N5O. The summed E-state index contributed by atoms with van der Waals surface area (Å²) in [4.78, 5) is 16.2. The molecule has 4 heterocycles. The minimum atomic E-state index is 0.527. The Bertz CT molecular complexity index is 3880. The zero-order valence-electron chi connectivity index (χ0n) is 32.7. The third-order valence-electron chi connectivity index (χ3n) is 12.1. The fourth-order valence-electron chi connectivity index (χ4n) is 9.48. The predicted molar refractivity (Wildman–Crippen MR) is 250 cm³/mol. The molecule has 0 saturated heterocycles. The summed E-state index contributed by atoms with van der Waals surface area (Å²) in [5, 5.41) is 8.94. The first-order valence-corrected chi connectivity index (χ1v) is 20.5. The van der Waals surface area contributed by atoms with E-state index in [0.717, 1.165) is 82.8 Å². The molecule has 0 unspecified atom stereocenters. The van der Waals surface area contributed by atoms with E-state index in [-0.39, 0.29) is 0 Å². The summed E-state index contributed by atoms with van der Waals surface area (Å²) >= 11 is 0. The Hall–Kier alpha value is -8.35. The van der Waals surface area contributed by atoms with E-state index in [1.807, 2.05) is 30.3 Å². The lowest BCUT2D eigenvalue weighted by Crippen LogP contribution is -2.04. The maximum Gasteiger partial charge on any atom is 0.170 e. The Morgan fingerprint density at radius 1 is 0.377 bits per heavy atom. The van der Waals surface area contributed by atoms with Gasteiger partial charge in [-0.3, -0.25) is 0 Å². The minimum Gasteiger partial charge on any atom is -0.455 e. The smallest absolute Gasteiger partial charge is 0.170 e. The van der Waals surface area contributed by atoms with Crippen molar-refractivity contribution in [1.82, 2.24) is 24.1 Å². The summed E-state index contributed by atoms with van der Waals surface area (Å²) in [5.41, 5.74) is 10.5. The lowest BCUT2D eigenvalue weighted by molar-refractivity contribution is 0.669. The van der Waals surface area contributed by atoms with Gasteiger partial charge >= 0.3 is 0 Å². The van der Waals surface area contributed by atoms with E-state index in [1.165, 1.54) is 21.5 Å². The molecule has 0 bridgehead atoms. The fraction of sp³-hybridized carbons (Fsp3) is 0. The van der Waals surface area contributed by atoms with Gasteiger partial charge in [0.25, 0.3) is 0 Å². The largest absolute Gasteiger partial charge is 0.455 e. The van der Waals surface area contributed by atoms with Crippen LogP contribution in [0, 0.1) is 0 Å². The van der Waals surface area contributed by atoms with Crippen molar-refractivity contribution >= 4 is 76.3 Å². The maximum atomic E-state index is 6.93. The van der Waals surface area contributed by atoms with Crippen LogP contribution in [0.2, 0.25) is 0 Å². The Labute approximate surface area is 349 Å². The van der Waals surface area contributed by atoms with Crippen molar-refractivity contribution < 1.29 is 4.42 Å². The van der Waals surface area contributed by atoms with Gasteiger partial charge in [-0.15, -0.1) is 0 Å². The third kappa shape index (κ3) is 5.06. The SMILES string of the molecule is c1ccc(-c2nc(-c3c(-n4c5ccccc5c5cc6ccccc6cc54)ccc4c3oc3ccccc34)nc(-c3cccc4c3c3ccccc3n4-c3ccccc3)n2)cc1. The van der Waals surface area contributed by atoms with E-state index in [4.69, 9.17) is 19.4 Å². The highest BCUT2D eigenvalue weighted by molar-refractivity contribution is 6.17. The monoisotopic (exact) mass is 779 g/mol. The molecule has 0 amide bonds. The van der Waals surface area contributed by atoms with E-state index < -0.39 is 0 Å². The van der Waals surface area contributed by atoms with Crippen LogP contribution in [0.3, 0.4) is 0 Å². The summed E-state index contributed by atoms with van der Waals surface area (Å²) in [6.07, 6.45) is 0. The van der Waals surface area contributed by atoms with Crippen molar-refractivity contribution in [3.63, 3.8) is 0 Å². The highest BCUT2D eigenvalue weighted by Gasteiger charge is 2.26. The number of rotatable bonds is 5. The first-order chi connectivity index (χ1) is 30.3. The van der Waals surface area contributed by atoms with Crippen LogP contribution in [0.1, 0.15) is 0 Å². The number of hydrogen-bond acceptors (Lipinski definition) is 4. The van der Waals surface area contributed by atoms with Crippen LogP contribution in [0.4, 0.5) is 0 Å². The van der Waals surface area contributed by atoms with Gasteiger partial charge in [-0.2, -0.15) is 0 Å². The highest BCUT2D eigenvalue weighted by atomic mass is 16.3. The van der Waals surface area contributed by atoms with E-state index in [2.05, 4.69) is 179 Å². The van der Waals surface area contributed by atoms with Gasteiger partial charge in [-0.25, -0.2) is 15.0 Å². The summed E-state index contributed by atoms with van der Waals surface area (Å²) in [6, 6.07) is 70.2. The van der Waals surface area contributed by atoms with Crippen molar-refractivity contribution in [2.24, 2.45) is 0 Å². The van der Waals surface area contributed by atoms with Crippen molar-refractivity contribution in [1.29, 1.82) is 0 Å².